The van der Waals surface area contributed by atoms with E-state index in [1.54, 1.807) is 14.0 Å². The Bertz CT molecular complexity index is 347. The fourth-order valence-electron chi connectivity index (χ4n) is 1.25. The molecule has 5 heteroatoms. The first-order chi connectivity index (χ1) is 8.78. The van der Waals surface area contributed by atoms with Gasteiger partial charge in [-0.05, 0) is 31.2 Å². The number of epoxide rings is 1. The first-order valence-corrected chi connectivity index (χ1v) is 5.89. The highest BCUT2D eigenvalue weighted by molar-refractivity contribution is 5.31. The smallest absolute Gasteiger partial charge is 0.191 e. The van der Waals surface area contributed by atoms with Crippen LogP contribution in [0.3, 0.4) is 0 Å². The van der Waals surface area contributed by atoms with E-state index < -0.39 is 0 Å². The normalized spacial score (nSPS) is 19.3. The summed E-state index contributed by atoms with van der Waals surface area (Å²) >= 11 is 0. The quantitative estimate of drug-likeness (QED) is 0.523. The van der Waals surface area contributed by atoms with Gasteiger partial charge in [0.15, 0.2) is 13.1 Å². The first kappa shape index (κ1) is 13.1. The molecule has 100 valence electrons. The van der Waals surface area contributed by atoms with Crippen molar-refractivity contribution in [2.45, 2.75) is 19.3 Å². The van der Waals surface area contributed by atoms with Gasteiger partial charge < -0.3 is 23.7 Å². The molecule has 0 N–H and O–H groups in total. The molecule has 1 heterocycles. The highest BCUT2D eigenvalue weighted by Gasteiger charge is 2.22. The minimum absolute atomic E-state index is 0.158. The first-order valence-electron chi connectivity index (χ1n) is 5.89. The van der Waals surface area contributed by atoms with Crippen LogP contribution in [0.5, 0.6) is 11.5 Å². The Kier molecular flexibility index (Phi) is 4.81. The molecule has 0 bridgehead atoms. The third kappa shape index (κ3) is 4.52. The van der Waals surface area contributed by atoms with Crippen molar-refractivity contribution in [2.75, 3.05) is 27.1 Å². The molecule has 0 radical (unpaired) electrons. The van der Waals surface area contributed by atoms with Crippen LogP contribution in [0.2, 0.25) is 0 Å². The summed E-state index contributed by atoms with van der Waals surface area (Å²) in [5.41, 5.74) is 0. The summed E-state index contributed by atoms with van der Waals surface area (Å²) in [7, 11) is 1.58. The molecular formula is C13H18O5. The summed E-state index contributed by atoms with van der Waals surface area (Å²) in [6.07, 6.45) is -0.00370. The van der Waals surface area contributed by atoms with Gasteiger partial charge >= 0.3 is 0 Å². The molecule has 0 aliphatic carbocycles. The highest BCUT2D eigenvalue weighted by atomic mass is 16.7. The standard InChI is InChI=1S/C13H18O5/c1-10(14-2)17-9-18-12-5-3-11(4-6-12)15-7-13-8-16-13/h3-6,10,13H,7-9H2,1-2H3. The molecule has 1 saturated heterocycles. The number of hydrogen-bond acceptors (Lipinski definition) is 5. The molecular weight excluding hydrogens is 236 g/mol. The fourth-order valence-corrected chi connectivity index (χ4v) is 1.25. The molecule has 2 rings (SSSR count). The molecule has 2 unspecified atom stereocenters. The minimum Gasteiger partial charge on any atom is -0.491 e. The second-order valence-corrected chi connectivity index (χ2v) is 3.97. The van der Waals surface area contributed by atoms with E-state index in [4.69, 9.17) is 23.7 Å². The van der Waals surface area contributed by atoms with Crippen LogP contribution in [0, 0.1) is 0 Å². The zero-order valence-electron chi connectivity index (χ0n) is 10.6. The van der Waals surface area contributed by atoms with E-state index in [1.165, 1.54) is 0 Å². The average molecular weight is 254 g/mol. The van der Waals surface area contributed by atoms with E-state index in [9.17, 15) is 0 Å². The third-order valence-electron chi connectivity index (χ3n) is 2.52. The van der Waals surface area contributed by atoms with Crippen molar-refractivity contribution in [3.8, 4) is 11.5 Å². The van der Waals surface area contributed by atoms with Crippen LogP contribution in [-0.2, 0) is 14.2 Å². The van der Waals surface area contributed by atoms with Crippen molar-refractivity contribution >= 4 is 0 Å². The van der Waals surface area contributed by atoms with E-state index in [-0.39, 0.29) is 19.2 Å². The van der Waals surface area contributed by atoms with E-state index in [1.807, 2.05) is 24.3 Å². The maximum atomic E-state index is 5.51. The second kappa shape index (κ2) is 6.58. The molecule has 18 heavy (non-hydrogen) atoms. The Hall–Kier alpha value is -1.30. The van der Waals surface area contributed by atoms with Crippen LogP contribution in [0.25, 0.3) is 0 Å². The molecule has 5 nitrogen and oxygen atoms in total. The lowest BCUT2D eigenvalue weighted by Gasteiger charge is -2.12. The Morgan fingerprint density at radius 3 is 2.39 bits per heavy atom. The van der Waals surface area contributed by atoms with Crippen molar-refractivity contribution in [1.82, 2.24) is 0 Å². The fraction of sp³-hybridized carbons (Fsp3) is 0.538. The number of rotatable bonds is 8. The van der Waals surface area contributed by atoms with Crippen molar-refractivity contribution in [2.24, 2.45) is 0 Å². The number of benzene rings is 1. The van der Waals surface area contributed by atoms with Crippen LogP contribution < -0.4 is 9.47 Å². The molecule has 1 aliphatic heterocycles. The van der Waals surface area contributed by atoms with Crippen LogP contribution >= 0.6 is 0 Å². The van der Waals surface area contributed by atoms with Gasteiger partial charge in [-0.1, -0.05) is 0 Å². The van der Waals surface area contributed by atoms with Crippen LogP contribution in [-0.4, -0.2) is 39.5 Å². The van der Waals surface area contributed by atoms with E-state index in [2.05, 4.69) is 0 Å². The summed E-state index contributed by atoms with van der Waals surface area (Å²) in [6.45, 7) is 3.37. The number of ether oxygens (including phenoxy) is 5. The molecule has 2 atom stereocenters. The van der Waals surface area contributed by atoms with Gasteiger partial charge in [-0.3, -0.25) is 0 Å². The molecule has 0 aromatic heterocycles. The van der Waals surface area contributed by atoms with Crippen molar-refractivity contribution < 1.29 is 23.7 Å². The van der Waals surface area contributed by atoms with Gasteiger partial charge in [0.2, 0.25) is 0 Å². The molecule has 0 amide bonds. The van der Waals surface area contributed by atoms with Crippen LogP contribution in [0.1, 0.15) is 6.92 Å². The van der Waals surface area contributed by atoms with Gasteiger partial charge in [0, 0.05) is 7.11 Å². The lowest BCUT2D eigenvalue weighted by atomic mass is 10.3. The van der Waals surface area contributed by atoms with E-state index >= 15 is 0 Å². The van der Waals surface area contributed by atoms with Crippen LogP contribution in [0.4, 0.5) is 0 Å². The summed E-state index contributed by atoms with van der Waals surface area (Å²) in [4.78, 5) is 0. The van der Waals surface area contributed by atoms with Gasteiger partial charge in [-0.15, -0.1) is 0 Å². The lowest BCUT2D eigenvalue weighted by molar-refractivity contribution is -0.149. The van der Waals surface area contributed by atoms with Gasteiger partial charge in [0.1, 0.15) is 24.2 Å². The predicted octanol–water partition coefficient (Wildman–Crippen LogP) is 1.81. The SMILES string of the molecule is COC(C)OCOc1ccc(OCC2CO2)cc1. The second-order valence-electron chi connectivity index (χ2n) is 3.97. The molecule has 0 spiro atoms. The van der Waals surface area contributed by atoms with E-state index in [0.29, 0.717) is 6.61 Å². The summed E-state index contributed by atoms with van der Waals surface area (Å²) < 4.78 is 26.1. The molecule has 1 aromatic carbocycles. The average Bonchev–Trinajstić information content (AvgIpc) is 3.21. The highest BCUT2D eigenvalue weighted by Crippen LogP contribution is 2.19. The Labute approximate surface area is 107 Å². The predicted molar refractivity (Wildman–Crippen MR) is 64.7 cm³/mol. The third-order valence-corrected chi connectivity index (χ3v) is 2.52. The topological polar surface area (TPSA) is 49.5 Å². The van der Waals surface area contributed by atoms with Crippen LogP contribution in [0.15, 0.2) is 24.3 Å². The van der Waals surface area contributed by atoms with Gasteiger partial charge in [-0.25, -0.2) is 0 Å². The zero-order chi connectivity index (χ0) is 12.8. The number of hydrogen-bond donors (Lipinski definition) is 0. The maximum Gasteiger partial charge on any atom is 0.191 e. The molecule has 0 saturated carbocycles. The summed E-state index contributed by atoms with van der Waals surface area (Å²) in [5, 5.41) is 0. The molecule has 1 aromatic rings. The van der Waals surface area contributed by atoms with Crippen molar-refractivity contribution in [3.63, 3.8) is 0 Å². The van der Waals surface area contributed by atoms with Crippen molar-refractivity contribution in [1.29, 1.82) is 0 Å². The van der Waals surface area contributed by atoms with Gasteiger partial charge in [-0.2, -0.15) is 0 Å². The zero-order valence-corrected chi connectivity index (χ0v) is 10.6. The van der Waals surface area contributed by atoms with E-state index in [0.717, 1.165) is 18.1 Å². The van der Waals surface area contributed by atoms with Crippen molar-refractivity contribution in [3.05, 3.63) is 24.3 Å². The van der Waals surface area contributed by atoms with Gasteiger partial charge in [0.25, 0.3) is 0 Å². The lowest BCUT2D eigenvalue weighted by Crippen LogP contribution is -2.14. The Balaban J connectivity index is 1.69. The monoisotopic (exact) mass is 254 g/mol. The van der Waals surface area contributed by atoms with Gasteiger partial charge in [0.05, 0.1) is 6.61 Å². The Morgan fingerprint density at radius 1 is 1.22 bits per heavy atom. The molecule has 1 fully saturated rings. The minimum atomic E-state index is -0.272. The summed E-state index contributed by atoms with van der Waals surface area (Å²) in [5.74, 6) is 1.54. The largest absolute Gasteiger partial charge is 0.491 e. The molecule has 1 aliphatic rings. The summed E-state index contributed by atoms with van der Waals surface area (Å²) in [6, 6.07) is 7.39. The number of methoxy groups -OCH3 is 1. The Morgan fingerprint density at radius 2 is 1.83 bits per heavy atom. The maximum absolute atomic E-state index is 5.51.